The highest BCUT2D eigenvalue weighted by Gasteiger charge is 2.24. The Hall–Kier alpha value is -1.62. The Labute approximate surface area is 115 Å². The van der Waals surface area contributed by atoms with Gasteiger partial charge in [-0.1, -0.05) is 11.6 Å². The Balaban J connectivity index is 1.88. The standard InChI is InChI=1S/C13H14ClNO4/c14-11-8-10(4-5-12(11)15(17)18)19-7-6-9-2-1-3-13(9)16/h4-5,8-9H,1-3,6-7H2. The van der Waals surface area contributed by atoms with Crippen molar-refractivity contribution in [3.8, 4) is 5.75 Å². The Morgan fingerprint density at radius 2 is 2.26 bits per heavy atom. The van der Waals surface area contributed by atoms with Crippen LogP contribution in [-0.2, 0) is 4.79 Å². The molecule has 1 aromatic carbocycles. The summed E-state index contributed by atoms with van der Waals surface area (Å²) in [7, 11) is 0. The van der Waals surface area contributed by atoms with Crippen LogP contribution < -0.4 is 4.74 Å². The number of ether oxygens (including phenoxy) is 1. The van der Waals surface area contributed by atoms with Gasteiger partial charge in [0.05, 0.1) is 11.5 Å². The molecule has 0 heterocycles. The summed E-state index contributed by atoms with van der Waals surface area (Å²) in [6.45, 7) is 0.421. The summed E-state index contributed by atoms with van der Waals surface area (Å²) in [6, 6.07) is 4.26. The molecule has 0 amide bonds. The van der Waals surface area contributed by atoms with Gasteiger partial charge in [-0.15, -0.1) is 0 Å². The van der Waals surface area contributed by atoms with Crippen LogP contribution >= 0.6 is 11.6 Å². The van der Waals surface area contributed by atoms with Crippen molar-refractivity contribution in [3.05, 3.63) is 33.3 Å². The average Bonchev–Trinajstić information content (AvgIpc) is 2.75. The van der Waals surface area contributed by atoms with Gasteiger partial charge in [0.1, 0.15) is 16.6 Å². The summed E-state index contributed by atoms with van der Waals surface area (Å²) in [5.41, 5.74) is -0.139. The van der Waals surface area contributed by atoms with Crippen molar-refractivity contribution < 1.29 is 14.5 Å². The van der Waals surface area contributed by atoms with E-state index in [0.717, 1.165) is 12.8 Å². The largest absolute Gasteiger partial charge is 0.494 e. The van der Waals surface area contributed by atoms with Gasteiger partial charge < -0.3 is 4.74 Å². The third-order valence-electron chi connectivity index (χ3n) is 3.28. The van der Waals surface area contributed by atoms with E-state index < -0.39 is 4.92 Å². The molecule has 5 nitrogen and oxygen atoms in total. The maximum atomic E-state index is 11.4. The van der Waals surface area contributed by atoms with Crippen molar-refractivity contribution in [3.63, 3.8) is 0 Å². The maximum absolute atomic E-state index is 11.4. The van der Waals surface area contributed by atoms with Crippen LogP contribution in [-0.4, -0.2) is 17.3 Å². The molecule has 1 atom stereocenters. The van der Waals surface area contributed by atoms with Gasteiger partial charge in [0.25, 0.3) is 5.69 Å². The highest BCUT2D eigenvalue weighted by Crippen LogP contribution is 2.29. The molecule has 2 rings (SSSR count). The maximum Gasteiger partial charge on any atom is 0.288 e. The van der Waals surface area contributed by atoms with Crippen LogP contribution in [0.5, 0.6) is 5.75 Å². The normalized spacial score (nSPS) is 18.6. The minimum atomic E-state index is -0.538. The molecule has 1 unspecified atom stereocenters. The Bertz CT molecular complexity index is 503. The lowest BCUT2D eigenvalue weighted by molar-refractivity contribution is -0.384. The number of halogens is 1. The fourth-order valence-electron chi connectivity index (χ4n) is 2.24. The average molecular weight is 284 g/mol. The van der Waals surface area contributed by atoms with Gasteiger partial charge in [-0.2, -0.15) is 0 Å². The molecular formula is C13H14ClNO4. The minimum absolute atomic E-state index is 0.0550. The lowest BCUT2D eigenvalue weighted by Crippen LogP contribution is -2.11. The van der Waals surface area contributed by atoms with Gasteiger partial charge in [0.15, 0.2) is 0 Å². The predicted octanol–water partition coefficient (Wildman–Crippen LogP) is 3.39. The van der Waals surface area contributed by atoms with Crippen LogP contribution in [0.15, 0.2) is 18.2 Å². The third-order valence-corrected chi connectivity index (χ3v) is 3.58. The molecule has 1 aromatic rings. The molecule has 0 aromatic heterocycles. The molecule has 102 valence electrons. The third kappa shape index (κ3) is 3.44. The number of Topliss-reactive ketones (excluding diaryl/α,β-unsaturated/α-hetero) is 1. The summed E-state index contributed by atoms with van der Waals surface area (Å²) in [5, 5.41) is 10.7. The number of benzene rings is 1. The second-order valence-electron chi connectivity index (χ2n) is 4.56. The fourth-order valence-corrected chi connectivity index (χ4v) is 2.48. The summed E-state index contributed by atoms with van der Waals surface area (Å²) >= 11 is 5.78. The Morgan fingerprint density at radius 1 is 1.47 bits per heavy atom. The number of hydrogen-bond donors (Lipinski definition) is 0. The van der Waals surface area contributed by atoms with Crippen LogP contribution in [0.2, 0.25) is 5.02 Å². The second kappa shape index (κ2) is 6.02. The molecule has 1 fully saturated rings. The molecule has 1 aliphatic rings. The van der Waals surface area contributed by atoms with Crippen LogP contribution in [0.25, 0.3) is 0 Å². The molecule has 6 heteroatoms. The van der Waals surface area contributed by atoms with Gasteiger partial charge in [0.2, 0.25) is 0 Å². The number of carbonyl (C=O) groups excluding carboxylic acids is 1. The SMILES string of the molecule is O=C1CCCC1CCOc1ccc([N+](=O)[O-])c(Cl)c1. The number of nitrogens with zero attached hydrogens (tertiary/aromatic N) is 1. The number of hydrogen-bond acceptors (Lipinski definition) is 4. The van der Waals surface area contributed by atoms with Gasteiger partial charge in [-0.05, 0) is 25.3 Å². The first kappa shape index (κ1) is 13.8. The summed E-state index contributed by atoms with van der Waals surface area (Å²) in [6.07, 6.45) is 3.26. The number of nitro groups is 1. The molecule has 19 heavy (non-hydrogen) atoms. The quantitative estimate of drug-likeness (QED) is 0.613. The fraction of sp³-hybridized carbons (Fsp3) is 0.462. The summed E-state index contributed by atoms with van der Waals surface area (Å²) in [5.74, 6) is 0.903. The first-order valence-electron chi connectivity index (χ1n) is 6.17. The molecule has 1 aliphatic carbocycles. The first-order chi connectivity index (χ1) is 9.08. The lowest BCUT2D eigenvalue weighted by atomic mass is 10.0. The molecule has 0 spiro atoms. The van der Waals surface area contributed by atoms with Gasteiger partial charge in [0, 0.05) is 24.5 Å². The summed E-state index contributed by atoms with van der Waals surface area (Å²) in [4.78, 5) is 21.5. The zero-order valence-corrected chi connectivity index (χ0v) is 11.1. The van der Waals surface area contributed by atoms with Gasteiger partial charge in [-0.3, -0.25) is 14.9 Å². The van der Waals surface area contributed by atoms with E-state index in [4.69, 9.17) is 16.3 Å². The van der Waals surface area contributed by atoms with E-state index in [-0.39, 0.29) is 16.6 Å². The zero-order chi connectivity index (χ0) is 13.8. The van der Waals surface area contributed by atoms with E-state index in [1.165, 1.54) is 18.2 Å². The second-order valence-corrected chi connectivity index (χ2v) is 4.97. The highest BCUT2D eigenvalue weighted by atomic mass is 35.5. The van der Waals surface area contributed by atoms with Crippen LogP contribution in [0.4, 0.5) is 5.69 Å². The van der Waals surface area contributed by atoms with Gasteiger partial charge >= 0.3 is 0 Å². The number of rotatable bonds is 5. The Morgan fingerprint density at radius 3 is 2.84 bits per heavy atom. The van der Waals surface area contributed by atoms with E-state index >= 15 is 0 Å². The van der Waals surface area contributed by atoms with Crippen molar-refractivity contribution in [2.24, 2.45) is 5.92 Å². The van der Waals surface area contributed by atoms with E-state index in [0.29, 0.717) is 31.0 Å². The van der Waals surface area contributed by atoms with Crippen LogP contribution in [0, 0.1) is 16.0 Å². The van der Waals surface area contributed by atoms with Crippen molar-refractivity contribution in [1.29, 1.82) is 0 Å². The van der Waals surface area contributed by atoms with E-state index in [1.54, 1.807) is 0 Å². The molecule has 0 saturated heterocycles. The first-order valence-corrected chi connectivity index (χ1v) is 6.55. The number of ketones is 1. The van der Waals surface area contributed by atoms with Crippen molar-refractivity contribution in [1.82, 2.24) is 0 Å². The van der Waals surface area contributed by atoms with Crippen molar-refractivity contribution in [2.75, 3.05) is 6.61 Å². The number of carbonyl (C=O) groups is 1. The molecule has 0 radical (unpaired) electrons. The smallest absolute Gasteiger partial charge is 0.288 e. The van der Waals surface area contributed by atoms with E-state index in [1.807, 2.05) is 0 Å². The summed E-state index contributed by atoms with van der Waals surface area (Å²) < 4.78 is 5.47. The van der Waals surface area contributed by atoms with E-state index in [9.17, 15) is 14.9 Å². The molecular weight excluding hydrogens is 270 g/mol. The molecule has 0 aliphatic heterocycles. The Kier molecular flexibility index (Phi) is 4.37. The molecule has 0 bridgehead atoms. The predicted molar refractivity (Wildman–Crippen MR) is 70.6 cm³/mol. The number of nitro benzene ring substituents is 1. The van der Waals surface area contributed by atoms with Crippen LogP contribution in [0.3, 0.4) is 0 Å². The lowest BCUT2D eigenvalue weighted by Gasteiger charge is -2.09. The minimum Gasteiger partial charge on any atom is -0.494 e. The monoisotopic (exact) mass is 283 g/mol. The highest BCUT2D eigenvalue weighted by molar-refractivity contribution is 6.32. The van der Waals surface area contributed by atoms with Crippen molar-refractivity contribution in [2.45, 2.75) is 25.7 Å². The van der Waals surface area contributed by atoms with E-state index in [2.05, 4.69) is 0 Å². The van der Waals surface area contributed by atoms with Crippen LogP contribution in [0.1, 0.15) is 25.7 Å². The van der Waals surface area contributed by atoms with Crippen molar-refractivity contribution >= 4 is 23.1 Å². The topological polar surface area (TPSA) is 69.4 Å². The molecule has 1 saturated carbocycles. The molecule has 0 N–H and O–H groups in total. The van der Waals surface area contributed by atoms with Gasteiger partial charge in [-0.25, -0.2) is 0 Å². The zero-order valence-electron chi connectivity index (χ0n) is 10.3.